The molecule has 1 aromatic heterocycles. The number of nitrogens with zero attached hydrogens (tertiary/aromatic N) is 1. The van der Waals surface area contributed by atoms with E-state index >= 15 is 0 Å². The molecule has 1 aromatic rings. The minimum absolute atomic E-state index is 0.00136. The van der Waals surface area contributed by atoms with Crippen molar-refractivity contribution in [3.05, 3.63) is 11.1 Å². The van der Waals surface area contributed by atoms with Crippen LogP contribution in [-0.2, 0) is 10.0 Å². The summed E-state index contributed by atoms with van der Waals surface area (Å²) in [4.78, 5) is 4.36. The number of aromatic nitrogens is 1. The van der Waals surface area contributed by atoms with Gasteiger partial charge < -0.3 is 5.32 Å². The molecule has 122 valence electrons. The van der Waals surface area contributed by atoms with Crippen LogP contribution in [0.15, 0.2) is 5.38 Å². The molecule has 7 heteroatoms. The molecule has 1 unspecified atom stereocenters. The molecule has 5 nitrogen and oxygen atoms in total. The lowest BCUT2D eigenvalue weighted by molar-refractivity contribution is 0.397. The molecule has 0 saturated heterocycles. The number of sulfonamides is 1. The number of thiazole rings is 1. The van der Waals surface area contributed by atoms with Crippen LogP contribution in [0.4, 0.5) is 5.13 Å². The average Bonchev–Trinajstić information content (AvgIpc) is 2.80. The van der Waals surface area contributed by atoms with E-state index in [1.54, 1.807) is 0 Å². The Kier molecular flexibility index (Phi) is 6.62. The third-order valence-corrected chi connectivity index (χ3v) is 5.18. The van der Waals surface area contributed by atoms with Gasteiger partial charge in [0, 0.05) is 11.4 Å². The van der Waals surface area contributed by atoms with Gasteiger partial charge in [0.15, 0.2) is 5.13 Å². The monoisotopic (exact) mass is 333 g/mol. The van der Waals surface area contributed by atoms with Crippen molar-refractivity contribution in [2.75, 3.05) is 17.0 Å². The maximum absolute atomic E-state index is 12.0. The highest BCUT2D eigenvalue weighted by Crippen LogP contribution is 2.23. The Labute approximate surface area is 132 Å². The molecule has 0 amide bonds. The summed E-state index contributed by atoms with van der Waals surface area (Å²) in [5, 5.41) is 5.68. The smallest absolute Gasteiger partial charge is 0.234 e. The zero-order valence-electron chi connectivity index (χ0n) is 13.6. The molecule has 2 N–H and O–H groups in total. The first-order chi connectivity index (χ1) is 9.63. The minimum atomic E-state index is -3.32. The number of hydrogen-bond donors (Lipinski definition) is 2. The molecule has 1 atom stereocenters. The summed E-state index contributed by atoms with van der Waals surface area (Å²) in [6.07, 6.45) is 1.68. The van der Waals surface area contributed by atoms with Crippen molar-refractivity contribution in [3.8, 4) is 0 Å². The summed E-state index contributed by atoms with van der Waals surface area (Å²) in [6.45, 7) is 11.2. The van der Waals surface area contributed by atoms with Crippen LogP contribution >= 0.6 is 11.3 Å². The first kappa shape index (κ1) is 18.4. The van der Waals surface area contributed by atoms with E-state index in [2.05, 4.69) is 21.9 Å². The molecule has 0 spiro atoms. The van der Waals surface area contributed by atoms with E-state index in [9.17, 15) is 8.42 Å². The van der Waals surface area contributed by atoms with E-state index in [1.807, 2.05) is 33.1 Å². The van der Waals surface area contributed by atoms with Crippen molar-refractivity contribution in [1.82, 2.24) is 10.3 Å². The van der Waals surface area contributed by atoms with Crippen LogP contribution in [0.5, 0.6) is 0 Å². The van der Waals surface area contributed by atoms with Crippen molar-refractivity contribution < 1.29 is 8.42 Å². The molecule has 0 bridgehead atoms. The van der Waals surface area contributed by atoms with Gasteiger partial charge >= 0.3 is 0 Å². The normalized spacial score (nSPS) is 14.1. The van der Waals surface area contributed by atoms with E-state index in [0.29, 0.717) is 11.6 Å². The van der Waals surface area contributed by atoms with Gasteiger partial charge in [-0.25, -0.2) is 13.4 Å². The molecule has 0 aliphatic rings. The Balaban J connectivity index is 2.61. The van der Waals surface area contributed by atoms with Crippen LogP contribution in [0.2, 0.25) is 0 Å². The molecule has 0 aliphatic heterocycles. The summed E-state index contributed by atoms with van der Waals surface area (Å²) in [5.74, 6) is 0.120. The minimum Gasteiger partial charge on any atom is -0.309 e. The van der Waals surface area contributed by atoms with E-state index in [4.69, 9.17) is 0 Å². The molecule has 1 rings (SSSR count). The standard InChI is InChI=1S/C14H27N3O2S2/c1-6-8-15-11(2)12-10-20-13(16-12)17-21(18,19)9-7-14(3,4)5/h10-11,15H,6-9H2,1-5H3,(H,16,17). The van der Waals surface area contributed by atoms with Crippen LogP contribution in [0.1, 0.15) is 59.2 Å². The Hall–Kier alpha value is -0.660. The zero-order chi connectivity index (χ0) is 16.1. The van der Waals surface area contributed by atoms with E-state index in [1.165, 1.54) is 11.3 Å². The molecular formula is C14H27N3O2S2. The van der Waals surface area contributed by atoms with E-state index in [-0.39, 0.29) is 17.2 Å². The van der Waals surface area contributed by atoms with Gasteiger partial charge in [-0.3, -0.25) is 4.72 Å². The van der Waals surface area contributed by atoms with Crippen LogP contribution in [0.25, 0.3) is 0 Å². The topological polar surface area (TPSA) is 71.1 Å². The fourth-order valence-corrected chi connectivity index (χ4v) is 4.14. The second kappa shape index (κ2) is 7.56. The van der Waals surface area contributed by atoms with Crippen molar-refractivity contribution >= 4 is 26.5 Å². The second-order valence-electron chi connectivity index (χ2n) is 6.48. The number of nitrogens with one attached hydrogen (secondary N) is 2. The van der Waals surface area contributed by atoms with Crippen LogP contribution < -0.4 is 10.0 Å². The predicted molar refractivity (Wildman–Crippen MR) is 90.3 cm³/mol. The summed E-state index contributed by atoms with van der Waals surface area (Å²) in [6, 6.07) is 0.133. The number of anilines is 1. The van der Waals surface area contributed by atoms with Gasteiger partial charge in [-0.05, 0) is 31.7 Å². The Morgan fingerprint density at radius 3 is 2.62 bits per heavy atom. The lowest BCUT2D eigenvalue weighted by Crippen LogP contribution is -2.21. The van der Waals surface area contributed by atoms with E-state index < -0.39 is 10.0 Å². The zero-order valence-corrected chi connectivity index (χ0v) is 15.2. The summed E-state index contributed by atoms with van der Waals surface area (Å²) in [5.41, 5.74) is 0.878. The van der Waals surface area contributed by atoms with Crippen LogP contribution in [0.3, 0.4) is 0 Å². The Morgan fingerprint density at radius 1 is 1.38 bits per heavy atom. The molecule has 0 saturated carbocycles. The summed E-state index contributed by atoms with van der Waals surface area (Å²) in [7, 11) is -3.32. The average molecular weight is 334 g/mol. The fraction of sp³-hybridized carbons (Fsp3) is 0.786. The molecule has 0 fully saturated rings. The van der Waals surface area contributed by atoms with E-state index in [0.717, 1.165) is 18.7 Å². The highest BCUT2D eigenvalue weighted by Gasteiger charge is 2.19. The third-order valence-electron chi connectivity index (χ3n) is 3.03. The predicted octanol–water partition coefficient (Wildman–Crippen LogP) is 3.38. The summed E-state index contributed by atoms with van der Waals surface area (Å²) >= 11 is 1.33. The quantitative estimate of drug-likeness (QED) is 0.765. The molecule has 0 aromatic carbocycles. The van der Waals surface area contributed by atoms with Gasteiger partial charge in [0.05, 0.1) is 11.4 Å². The van der Waals surface area contributed by atoms with Gasteiger partial charge in [0.1, 0.15) is 0 Å². The molecule has 1 heterocycles. The van der Waals surface area contributed by atoms with Gasteiger partial charge in [0.2, 0.25) is 10.0 Å². The molecule has 0 aliphatic carbocycles. The molecule has 0 radical (unpaired) electrons. The van der Waals surface area contributed by atoms with Crippen molar-refractivity contribution in [3.63, 3.8) is 0 Å². The number of rotatable bonds is 8. The SMILES string of the molecule is CCCNC(C)c1csc(NS(=O)(=O)CCC(C)(C)C)n1. The van der Waals surface area contributed by atoms with Gasteiger partial charge in [0.25, 0.3) is 0 Å². The number of hydrogen-bond acceptors (Lipinski definition) is 5. The fourth-order valence-electron chi connectivity index (χ4n) is 1.62. The van der Waals surface area contributed by atoms with Crippen LogP contribution in [-0.4, -0.2) is 25.7 Å². The Morgan fingerprint density at radius 2 is 2.05 bits per heavy atom. The van der Waals surface area contributed by atoms with Gasteiger partial charge in [-0.15, -0.1) is 11.3 Å². The molecular weight excluding hydrogens is 306 g/mol. The maximum Gasteiger partial charge on any atom is 0.234 e. The van der Waals surface area contributed by atoms with Gasteiger partial charge in [-0.2, -0.15) is 0 Å². The maximum atomic E-state index is 12.0. The second-order valence-corrected chi connectivity index (χ2v) is 9.18. The van der Waals surface area contributed by atoms with Crippen LogP contribution in [0, 0.1) is 5.41 Å². The largest absolute Gasteiger partial charge is 0.309 e. The highest BCUT2D eigenvalue weighted by atomic mass is 32.2. The lowest BCUT2D eigenvalue weighted by atomic mass is 9.94. The summed E-state index contributed by atoms with van der Waals surface area (Å²) < 4.78 is 26.6. The molecule has 21 heavy (non-hydrogen) atoms. The first-order valence-electron chi connectivity index (χ1n) is 7.32. The van der Waals surface area contributed by atoms with Crippen molar-refractivity contribution in [1.29, 1.82) is 0 Å². The lowest BCUT2D eigenvalue weighted by Gasteiger charge is -2.17. The van der Waals surface area contributed by atoms with Gasteiger partial charge in [-0.1, -0.05) is 27.7 Å². The van der Waals surface area contributed by atoms with Crippen molar-refractivity contribution in [2.24, 2.45) is 5.41 Å². The van der Waals surface area contributed by atoms with Crippen molar-refractivity contribution in [2.45, 2.75) is 53.5 Å². The Bertz CT molecular complexity index is 533. The first-order valence-corrected chi connectivity index (χ1v) is 9.85. The third kappa shape index (κ3) is 7.24. The highest BCUT2D eigenvalue weighted by molar-refractivity contribution is 7.92.